The molecule has 0 aliphatic rings. The van der Waals surface area contributed by atoms with Crippen molar-refractivity contribution < 1.29 is 31.4 Å². The molecule has 0 saturated carbocycles. The molecule has 7 rings (SSSR count). The number of aromatic nitrogens is 3. The molecule has 0 aliphatic heterocycles. The minimum atomic E-state index is -2.32. The fourth-order valence-corrected chi connectivity index (χ4v) is 5.37. The number of nitrogens with zero attached hydrogens (tertiary/aromatic N) is 3. The maximum Gasteiger partial charge on any atom is 0.216 e. The molecule has 5 heterocycles. The van der Waals surface area contributed by atoms with E-state index in [1.807, 2.05) is 87.8 Å². The summed E-state index contributed by atoms with van der Waals surface area (Å²) in [6.07, 6.45) is 0.303. The number of pyridine rings is 3. The topological polar surface area (TPSA) is 51.8 Å². The van der Waals surface area contributed by atoms with E-state index in [0.717, 1.165) is 26.7 Å². The summed E-state index contributed by atoms with van der Waals surface area (Å²) in [6, 6.07) is 28.9. The number of furan rings is 1. The van der Waals surface area contributed by atoms with Crippen LogP contribution < -0.4 is 0 Å². The van der Waals surface area contributed by atoms with Crippen LogP contribution in [0.5, 0.6) is 0 Å². The Hall–Kier alpha value is -3.70. The molecule has 4 nitrogen and oxygen atoms in total. The van der Waals surface area contributed by atoms with E-state index >= 15 is 0 Å². The third-order valence-corrected chi connectivity index (χ3v) is 7.31. The van der Waals surface area contributed by atoms with E-state index < -0.39 is 18.6 Å². The molecule has 5 aromatic heterocycles. The standard InChI is InChI=1S/C24H21N2OS.C12H10N.Ir/c1-14-8-9-17-16-6-5-7-18(22(16)27-23(17)25-14)19-10-11-20-21(26-19)15(13-28-20)12-24(2,3)4;1-10-7-8-12(13-9-10)11-5-3-2-4-6-11;/h5-6,8-11,13H,12H2,1-4H3;2-5,7-9H,1H3;/q2*-1;/i1D3,12D2;;. The third kappa shape index (κ3) is 6.36. The van der Waals surface area contributed by atoms with Gasteiger partial charge in [-0.15, -0.1) is 65.4 Å². The smallest absolute Gasteiger partial charge is 0.216 e. The van der Waals surface area contributed by atoms with Crippen LogP contribution in [0, 0.1) is 31.3 Å². The van der Waals surface area contributed by atoms with Crippen LogP contribution >= 0.6 is 11.3 Å². The summed E-state index contributed by atoms with van der Waals surface area (Å²) >= 11 is 1.47. The summed E-state index contributed by atoms with van der Waals surface area (Å²) in [5.74, 6) is 0. The van der Waals surface area contributed by atoms with Crippen LogP contribution in [0.4, 0.5) is 0 Å². The number of fused-ring (bicyclic) bond motifs is 4. The van der Waals surface area contributed by atoms with Crippen molar-refractivity contribution >= 4 is 43.6 Å². The van der Waals surface area contributed by atoms with Crippen molar-refractivity contribution in [1.29, 1.82) is 0 Å². The first-order chi connectivity index (χ1) is 21.7. The van der Waals surface area contributed by atoms with Crippen molar-refractivity contribution in [3.8, 4) is 22.5 Å². The predicted octanol–water partition coefficient (Wildman–Crippen LogP) is 9.81. The van der Waals surface area contributed by atoms with Gasteiger partial charge in [-0.1, -0.05) is 49.9 Å². The zero-order valence-corrected chi connectivity index (χ0v) is 26.8. The summed E-state index contributed by atoms with van der Waals surface area (Å²) in [5.41, 5.74) is 5.77. The van der Waals surface area contributed by atoms with Crippen molar-refractivity contribution in [3.05, 3.63) is 113 Å². The molecular weight excluding hydrogens is 715 g/mol. The van der Waals surface area contributed by atoms with Gasteiger partial charge in [-0.3, -0.25) is 4.98 Å². The number of aryl methyl sites for hydroxylation is 2. The summed E-state index contributed by atoms with van der Waals surface area (Å²) in [4.78, 5) is 13.4. The Balaban J connectivity index is 0.000000260. The molecule has 213 valence electrons. The number of thiophene rings is 1. The first kappa shape index (κ1) is 23.8. The normalized spacial score (nSPS) is 13.8. The van der Waals surface area contributed by atoms with Gasteiger partial charge in [0, 0.05) is 44.2 Å². The molecule has 0 fully saturated rings. The van der Waals surface area contributed by atoms with Crippen LogP contribution in [-0.4, -0.2) is 15.0 Å². The van der Waals surface area contributed by atoms with Gasteiger partial charge in [-0.2, -0.15) is 0 Å². The van der Waals surface area contributed by atoms with Crippen molar-refractivity contribution in [3.63, 3.8) is 0 Å². The summed E-state index contributed by atoms with van der Waals surface area (Å²) in [7, 11) is 0. The van der Waals surface area contributed by atoms with Crippen LogP contribution in [0.15, 0.2) is 88.8 Å². The molecule has 0 atom stereocenters. The van der Waals surface area contributed by atoms with E-state index in [0.29, 0.717) is 27.9 Å². The van der Waals surface area contributed by atoms with Gasteiger partial charge in [0.25, 0.3) is 0 Å². The van der Waals surface area contributed by atoms with Crippen LogP contribution in [0.25, 0.3) is 54.8 Å². The molecule has 6 heteroatoms. The zero-order chi connectivity index (χ0) is 32.9. The minimum absolute atomic E-state index is 0. The predicted molar refractivity (Wildman–Crippen MR) is 170 cm³/mol. The Morgan fingerprint density at radius 2 is 1.79 bits per heavy atom. The van der Waals surface area contributed by atoms with E-state index in [1.54, 1.807) is 12.1 Å². The Bertz CT molecular complexity index is 2170. The SMILES string of the molecule is Cc1ccc(-c2[c-]cccc2)nc1.[2H]C([2H])([2H])c1ccc2c(n1)oc1c(-c3ccc4scc(C([2H])([2H])C(C)(C)C)c4n3)[c-]ccc12.[Ir]. The molecule has 42 heavy (non-hydrogen) atoms. The maximum absolute atomic E-state index is 8.72. The summed E-state index contributed by atoms with van der Waals surface area (Å²) in [5, 5.41) is 3.36. The molecule has 0 bridgehead atoms. The number of benzene rings is 2. The Labute approximate surface area is 271 Å². The fraction of sp³-hybridized carbons (Fsp3) is 0.194. The largest absolute Gasteiger partial charge is 0.486 e. The molecular formula is C36H31IrN3OS-2. The molecule has 0 spiro atoms. The van der Waals surface area contributed by atoms with Gasteiger partial charge >= 0.3 is 0 Å². The van der Waals surface area contributed by atoms with Crippen molar-refractivity contribution in [2.45, 2.75) is 40.9 Å². The van der Waals surface area contributed by atoms with Crippen molar-refractivity contribution in [2.24, 2.45) is 5.41 Å². The van der Waals surface area contributed by atoms with Crippen LogP contribution in [0.1, 0.15) is 44.4 Å². The Morgan fingerprint density at radius 3 is 2.52 bits per heavy atom. The molecule has 0 amide bonds. The molecule has 2 aromatic carbocycles. The molecule has 7 aromatic rings. The van der Waals surface area contributed by atoms with Gasteiger partial charge in [-0.25, -0.2) is 4.98 Å². The summed E-state index contributed by atoms with van der Waals surface area (Å²) in [6.45, 7) is 5.35. The second-order valence-electron chi connectivity index (χ2n) is 10.8. The van der Waals surface area contributed by atoms with Gasteiger partial charge in [0.2, 0.25) is 5.71 Å². The van der Waals surface area contributed by atoms with Gasteiger partial charge in [0.05, 0.1) is 15.8 Å². The molecule has 0 unspecified atom stereocenters. The monoisotopic (exact) mass is 751 g/mol. The van der Waals surface area contributed by atoms with Crippen LogP contribution in [0.2, 0.25) is 0 Å². The number of hydrogen-bond donors (Lipinski definition) is 0. The first-order valence-electron chi connectivity index (χ1n) is 15.8. The summed E-state index contributed by atoms with van der Waals surface area (Å²) < 4.78 is 47.2. The zero-order valence-electron chi connectivity index (χ0n) is 28.6. The average molecular weight is 751 g/mol. The minimum Gasteiger partial charge on any atom is -0.486 e. The molecule has 0 aliphatic carbocycles. The molecule has 0 N–H and O–H groups in total. The average Bonchev–Trinajstić information content (AvgIpc) is 3.62. The van der Waals surface area contributed by atoms with E-state index in [1.165, 1.54) is 23.0 Å². The second-order valence-corrected chi connectivity index (χ2v) is 11.7. The molecule has 0 saturated heterocycles. The second kappa shape index (κ2) is 12.3. The van der Waals surface area contributed by atoms with E-state index in [-0.39, 0.29) is 31.5 Å². The van der Waals surface area contributed by atoms with E-state index in [9.17, 15) is 0 Å². The van der Waals surface area contributed by atoms with Gasteiger partial charge < -0.3 is 9.40 Å². The Morgan fingerprint density at radius 1 is 0.929 bits per heavy atom. The van der Waals surface area contributed by atoms with Crippen LogP contribution in [0.3, 0.4) is 0 Å². The molecule has 1 radical (unpaired) electrons. The van der Waals surface area contributed by atoms with Gasteiger partial charge in [0.15, 0.2) is 0 Å². The fourth-order valence-electron chi connectivity index (χ4n) is 4.54. The van der Waals surface area contributed by atoms with Crippen LogP contribution in [-0.2, 0) is 26.5 Å². The number of hydrogen-bond acceptors (Lipinski definition) is 5. The maximum atomic E-state index is 8.72. The third-order valence-electron chi connectivity index (χ3n) is 6.38. The Kier molecular flexibility index (Phi) is 6.96. The van der Waals surface area contributed by atoms with E-state index in [2.05, 4.69) is 28.2 Å². The first-order valence-corrected chi connectivity index (χ1v) is 14.2. The van der Waals surface area contributed by atoms with Gasteiger partial charge in [0.1, 0.15) is 0 Å². The van der Waals surface area contributed by atoms with Gasteiger partial charge in [-0.05, 0) is 71.7 Å². The number of rotatable bonds is 3. The van der Waals surface area contributed by atoms with Crippen molar-refractivity contribution in [2.75, 3.05) is 0 Å². The van der Waals surface area contributed by atoms with Crippen molar-refractivity contribution in [1.82, 2.24) is 15.0 Å². The quantitative estimate of drug-likeness (QED) is 0.169. The van der Waals surface area contributed by atoms with E-state index in [4.69, 9.17) is 16.3 Å².